The summed E-state index contributed by atoms with van der Waals surface area (Å²) in [6, 6.07) is 1.25. The van der Waals surface area contributed by atoms with Crippen LogP contribution in [0.2, 0.25) is 0 Å². The van der Waals surface area contributed by atoms with E-state index in [1.807, 2.05) is 12.2 Å². The van der Waals surface area contributed by atoms with Crippen molar-refractivity contribution in [2.45, 2.75) is 82.3 Å². The van der Waals surface area contributed by atoms with E-state index >= 15 is 8.78 Å². The molecule has 18 heteroatoms. The smallest absolute Gasteiger partial charge is 0.383 e. The average Bonchev–Trinajstić information content (AvgIpc) is 3.31. The first-order valence-electron chi connectivity index (χ1n) is 16.7. The number of aliphatic hydroxyl groups excluding tert-OH is 1. The molecule has 0 spiro atoms. The third kappa shape index (κ3) is 15.4. The molecule has 14 nitrogen and oxygen atoms in total. The summed E-state index contributed by atoms with van der Waals surface area (Å²) in [5.41, 5.74) is 5.16. The number of allylic oxidation sites excluding steroid dienone is 12. The molecule has 3 N–H and O–H groups in total. The van der Waals surface area contributed by atoms with Crippen LogP contribution in [0, 0.1) is 3.70 Å². The maximum atomic E-state index is 15.1. The van der Waals surface area contributed by atoms with Crippen molar-refractivity contribution in [2.75, 3.05) is 26.8 Å². The first-order valence-corrected chi connectivity index (χ1v) is 19.3. The molecular formula is C34H47F2IN7O7P. The lowest BCUT2D eigenvalue weighted by molar-refractivity contribution is -0.144. The number of rotatable bonds is 24. The van der Waals surface area contributed by atoms with E-state index in [2.05, 4.69) is 93.1 Å². The molecule has 1 unspecified atom stereocenters. The van der Waals surface area contributed by atoms with Gasteiger partial charge < -0.3 is 19.7 Å². The van der Waals surface area contributed by atoms with Gasteiger partial charge in [-0.3, -0.25) is 13.9 Å². The number of ether oxygens (including phenoxy) is 1. The summed E-state index contributed by atoms with van der Waals surface area (Å²) >= 11 is 1.71. The second-order valence-corrected chi connectivity index (χ2v) is 14.2. The molecule has 1 aliphatic heterocycles. The van der Waals surface area contributed by atoms with Crippen LogP contribution in [0.1, 0.15) is 64.5 Å². The fourth-order valence-corrected chi connectivity index (χ4v) is 5.99. The monoisotopic (exact) mass is 861 g/mol. The van der Waals surface area contributed by atoms with Gasteiger partial charge in [-0.2, -0.15) is 13.8 Å². The van der Waals surface area contributed by atoms with Gasteiger partial charge in [-0.15, -0.1) is 0 Å². The van der Waals surface area contributed by atoms with E-state index < -0.39 is 44.0 Å². The summed E-state index contributed by atoms with van der Waals surface area (Å²) in [7, 11) is -3.23. The lowest BCUT2D eigenvalue weighted by Crippen LogP contribution is -2.48. The number of carbonyl (C=O) groups is 1. The minimum absolute atomic E-state index is 0.0166. The number of carbonyl (C=O) groups excluding carboxylic acids is 1. The highest BCUT2D eigenvalue weighted by Gasteiger charge is 2.67. The second kappa shape index (κ2) is 24.1. The van der Waals surface area contributed by atoms with Gasteiger partial charge in [-0.25, -0.2) is 14.4 Å². The van der Waals surface area contributed by atoms with Crippen molar-refractivity contribution < 1.29 is 37.0 Å². The summed E-state index contributed by atoms with van der Waals surface area (Å²) in [6.07, 6.45) is 27.2. The van der Waals surface area contributed by atoms with Gasteiger partial charge in [0.15, 0.2) is 6.10 Å². The Morgan fingerprint density at radius 2 is 1.63 bits per heavy atom. The van der Waals surface area contributed by atoms with Crippen LogP contribution in [0.4, 0.5) is 8.78 Å². The number of halogens is 3. The second-order valence-electron chi connectivity index (χ2n) is 11.2. The van der Waals surface area contributed by atoms with Crippen LogP contribution < -0.4 is 16.1 Å². The van der Waals surface area contributed by atoms with Crippen LogP contribution in [-0.2, 0) is 23.1 Å². The molecule has 1 aromatic rings. The molecule has 1 aromatic heterocycles. The molecule has 0 radical (unpaired) electrons. The van der Waals surface area contributed by atoms with Crippen molar-refractivity contribution in [3.05, 3.63) is 110 Å². The fraction of sp³-hybridized carbons (Fsp3) is 0.500. The number of nitrogens with zero attached hydrogens (tertiary/aromatic N) is 5. The maximum Gasteiger partial charge on any atom is 0.405 e. The molecule has 0 aliphatic carbocycles. The number of amides is 1. The fourth-order valence-electron chi connectivity index (χ4n) is 4.56. The summed E-state index contributed by atoms with van der Waals surface area (Å²) in [5.74, 6) is -4.41. The number of nitrogens with one attached hydrogen (secondary N) is 2. The molecule has 286 valence electrons. The standard InChI is InChI=1S/C34H47F2IN7O7P/c1-3-4-5-6-7-8-9-10-11-12-13-14-15-16-17-18-19-20-21-22-29(45)39-24-25-40-52(48,49-2)50-27-33(42-43-38)30(46)34(35,36)31(51-33)44-26-23-28(37)41-32(44)47/h4-5,7-8,10-11,13-14,16-17,19-20,23,26,30-31,46H,3,6,9,12,15,18,21-22,24-25,27H2,1-2H3,(H,39,45)(H,40,48)/b5-4-,8-7-,11-10-,14-13-,17-16-,20-19-/t30-,31-,33-,52?/m1/s1. The first kappa shape index (κ1) is 44.9. The Morgan fingerprint density at radius 3 is 2.15 bits per heavy atom. The number of aliphatic hydroxyl groups is 1. The topological polar surface area (TPSA) is 190 Å². The Labute approximate surface area is 316 Å². The summed E-state index contributed by atoms with van der Waals surface area (Å²) in [5, 5.41) is 18.7. The highest BCUT2D eigenvalue weighted by atomic mass is 127. The van der Waals surface area contributed by atoms with Crippen LogP contribution in [0.15, 0.2) is 95.1 Å². The Morgan fingerprint density at radius 1 is 1.08 bits per heavy atom. The van der Waals surface area contributed by atoms with Crippen molar-refractivity contribution in [2.24, 2.45) is 5.11 Å². The number of hydrogen-bond donors (Lipinski definition) is 3. The van der Waals surface area contributed by atoms with Crippen LogP contribution in [-0.4, -0.2) is 65.1 Å². The molecule has 52 heavy (non-hydrogen) atoms. The number of hydrogen-bond acceptors (Lipinski definition) is 9. The molecule has 1 fully saturated rings. The average molecular weight is 862 g/mol. The zero-order chi connectivity index (χ0) is 38.3. The third-order valence-corrected chi connectivity index (χ3v) is 9.43. The van der Waals surface area contributed by atoms with E-state index in [0.717, 1.165) is 51.8 Å². The Hall–Kier alpha value is -3.28. The van der Waals surface area contributed by atoms with Crippen molar-refractivity contribution >= 4 is 36.2 Å². The Balaban J connectivity index is 1.69. The molecule has 1 saturated heterocycles. The normalized spacial score (nSPS) is 21.7. The van der Waals surface area contributed by atoms with Crippen molar-refractivity contribution in [3.8, 4) is 0 Å². The minimum Gasteiger partial charge on any atom is -0.383 e. The van der Waals surface area contributed by atoms with Gasteiger partial charge in [0.25, 0.3) is 0 Å². The summed E-state index contributed by atoms with van der Waals surface area (Å²) in [4.78, 5) is 30.5. The Bertz CT molecular complexity index is 1610. The third-order valence-electron chi connectivity index (χ3n) is 7.27. The molecular weight excluding hydrogens is 814 g/mol. The molecule has 1 aliphatic rings. The molecule has 4 atom stereocenters. The number of alkyl halides is 2. The molecule has 2 heterocycles. The van der Waals surface area contributed by atoms with Gasteiger partial charge in [-0.05, 0) is 79.1 Å². The van der Waals surface area contributed by atoms with Crippen LogP contribution >= 0.6 is 30.3 Å². The van der Waals surface area contributed by atoms with E-state index in [-0.39, 0.29) is 29.1 Å². The molecule has 2 rings (SSSR count). The van der Waals surface area contributed by atoms with Crippen LogP contribution in [0.5, 0.6) is 0 Å². The molecule has 0 aromatic carbocycles. The highest BCUT2D eigenvalue weighted by molar-refractivity contribution is 14.1. The van der Waals surface area contributed by atoms with Crippen molar-refractivity contribution in [1.82, 2.24) is 20.0 Å². The quantitative estimate of drug-likeness (QED) is 0.0140. The maximum absolute atomic E-state index is 15.1. The lowest BCUT2D eigenvalue weighted by atomic mass is 10.1. The number of azide groups is 1. The largest absolute Gasteiger partial charge is 0.405 e. The molecule has 0 saturated carbocycles. The summed E-state index contributed by atoms with van der Waals surface area (Å²) < 4.78 is 59.3. The SMILES string of the molecule is CC/C=C\C/C=C\C/C=C\C/C=C\C/C=C\C/C=C\CCC(=O)NCCNP(=O)(OC)OC[C@@]1(N=[N+]=[N-])O[C@@H](n2ccc(I)nc2=O)C(F)(F)[C@@H]1O. The first-order chi connectivity index (χ1) is 24.9. The van der Waals surface area contributed by atoms with Gasteiger partial charge in [-0.1, -0.05) is 85.0 Å². The highest BCUT2D eigenvalue weighted by Crippen LogP contribution is 2.51. The minimum atomic E-state index is -4.24. The predicted octanol–water partition coefficient (Wildman–Crippen LogP) is 7.33. The van der Waals surface area contributed by atoms with Gasteiger partial charge in [0.2, 0.25) is 17.9 Å². The molecule has 0 bridgehead atoms. The van der Waals surface area contributed by atoms with E-state index in [0.29, 0.717) is 11.0 Å². The van der Waals surface area contributed by atoms with Gasteiger partial charge in [0.1, 0.15) is 3.70 Å². The van der Waals surface area contributed by atoms with E-state index in [1.165, 1.54) is 6.07 Å². The van der Waals surface area contributed by atoms with Crippen LogP contribution in [0.3, 0.4) is 0 Å². The van der Waals surface area contributed by atoms with Gasteiger partial charge >= 0.3 is 19.4 Å². The molecule has 1 amide bonds. The van der Waals surface area contributed by atoms with Crippen molar-refractivity contribution in [3.63, 3.8) is 0 Å². The number of aromatic nitrogens is 2. The zero-order valence-electron chi connectivity index (χ0n) is 29.2. The lowest BCUT2D eigenvalue weighted by Gasteiger charge is -2.28. The summed E-state index contributed by atoms with van der Waals surface area (Å²) in [6.45, 7) is 0.880. The predicted molar refractivity (Wildman–Crippen MR) is 203 cm³/mol. The van der Waals surface area contributed by atoms with Crippen molar-refractivity contribution in [1.29, 1.82) is 0 Å². The van der Waals surface area contributed by atoms with E-state index in [9.17, 15) is 19.3 Å². The zero-order valence-corrected chi connectivity index (χ0v) is 32.3. The van der Waals surface area contributed by atoms with Gasteiger partial charge in [0, 0.05) is 37.7 Å². The van der Waals surface area contributed by atoms with Crippen LogP contribution in [0.25, 0.3) is 10.4 Å². The Kier molecular flexibility index (Phi) is 20.8. The van der Waals surface area contributed by atoms with E-state index in [1.54, 1.807) is 22.6 Å². The van der Waals surface area contributed by atoms with Gasteiger partial charge in [0.05, 0.1) is 6.61 Å². The van der Waals surface area contributed by atoms with E-state index in [4.69, 9.17) is 19.3 Å².